The van der Waals surface area contributed by atoms with Crippen molar-refractivity contribution in [3.8, 4) is 10.9 Å². The molecule has 0 saturated heterocycles. The highest BCUT2D eigenvalue weighted by atomic mass is 32.1. The van der Waals surface area contributed by atoms with E-state index in [-0.39, 0.29) is 5.97 Å². The first kappa shape index (κ1) is 21.8. The number of para-hydroxylation sites is 1. The van der Waals surface area contributed by atoms with Gasteiger partial charge in [0.1, 0.15) is 5.75 Å². The van der Waals surface area contributed by atoms with E-state index < -0.39 is 0 Å². The van der Waals surface area contributed by atoms with Crippen molar-refractivity contribution in [3.05, 3.63) is 54.1 Å². The van der Waals surface area contributed by atoms with Crippen molar-refractivity contribution in [3.63, 3.8) is 0 Å². The van der Waals surface area contributed by atoms with Crippen molar-refractivity contribution >= 4 is 27.5 Å². The van der Waals surface area contributed by atoms with Gasteiger partial charge in [0, 0.05) is 19.5 Å². The van der Waals surface area contributed by atoms with Crippen molar-refractivity contribution in [2.24, 2.45) is 5.92 Å². The summed E-state index contributed by atoms with van der Waals surface area (Å²) in [6.45, 7) is 5.42. The largest absolute Gasteiger partial charge is 0.466 e. The Labute approximate surface area is 188 Å². The molecule has 1 aromatic heterocycles. The molecule has 0 bridgehead atoms. The molecule has 0 amide bonds. The number of esters is 1. The summed E-state index contributed by atoms with van der Waals surface area (Å²) >= 11 is 1.56. The number of fused-ring (bicyclic) bond motifs is 1. The molecule has 3 aromatic rings. The van der Waals surface area contributed by atoms with Gasteiger partial charge in [0.15, 0.2) is 0 Å². The van der Waals surface area contributed by atoms with Gasteiger partial charge in [0.05, 0.1) is 16.8 Å². The van der Waals surface area contributed by atoms with Gasteiger partial charge in [0.25, 0.3) is 5.19 Å². The topological polar surface area (TPSA) is 51.7 Å². The number of aromatic nitrogens is 1. The molecule has 0 aliphatic heterocycles. The molecule has 1 aliphatic carbocycles. The van der Waals surface area contributed by atoms with E-state index in [4.69, 9.17) is 9.47 Å². The second-order valence-electron chi connectivity index (χ2n) is 8.10. The van der Waals surface area contributed by atoms with Crippen molar-refractivity contribution < 1.29 is 14.3 Å². The summed E-state index contributed by atoms with van der Waals surface area (Å²) in [5, 5.41) is 0.672. The normalized spacial score (nSPS) is 13.6. The highest BCUT2D eigenvalue weighted by Gasteiger charge is 2.24. The molecule has 6 heteroatoms. The van der Waals surface area contributed by atoms with Crippen LogP contribution in [-0.4, -0.2) is 42.1 Å². The number of rotatable bonds is 12. The molecule has 2 aromatic carbocycles. The van der Waals surface area contributed by atoms with E-state index >= 15 is 0 Å². The van der Waals surface area contributed by atoms with Crippen LogP contribution in [0.5, 0.6) is 10.9 Å². The van der Waals surface area contributed by atoms with Crippen LogP contribution in [0.1, 0.15) is 38.2 Å². The molecular formula is C25H30N2O3S. The van der Waals surface area contributed by atoms with E-state index in [1.165, 1.54) is 18.4 Å². The zero-order valence-corrected chi connectivity index (χ0v) is 18.9. The molecule has 1 fully saturated rings. The number of benzene rings is 2. The molecule has 0 N–H and O–H groups in total. The standard InChI is InChI=1S/C25H30N2O3S/c1-2-29-24(28)8-5-16-27(18-20-9-10-20)17-15-19-11-13-21(14-12-19)30-25-26-22-6-3-4-7-23(22)31-25/h3-4,6-7,11-14,20H,2,5,8-10,15-18H2,1H3. The fourth-order valence-electron chi connectivity index (χ4n) is 3.65. The Bertz CT molecular complexity index is 949. The Kier molecular flexibility index (Phi) is 7.54. The van der Waals surface area contributed by atoms with E-state index in [9.17, 15) is 4.79 Å². The third-order valence-corrected chi connectivity index (χ3v) is 6.41. The highest BCUT2D eigenvalue weighted by Crippen LogP contribution is 2.31. The summed E-state index contributed by atoms with van der Waals surface area (Å²) in [5.41, 5.74) is 2.26. The van der Waals surface area contributed by atoms with E-state index in [1.54, 1.807) is 11.3 Å². The number of thiazole rings is 1. The van der Waals surface area contributed by atoms with Crippen LogP contribution in [0, 0.1) is 5.92 Å². The zero-order valence-electron chi connectivity index (χ0n) is 18.1. The van der Waals surface area contributed by atoms with E-state index in [1.807, 2.05) is 37.3 Å². The van der Waals surface area contributed by atoms with Crippen LogP contribution < -0.4 is 4.74 Å². The number of nitrogens with zero attached hydrogens (tertiary/aromatic N) is 2. The minimum atomic E-state index is -0.0856. The predicted molar refractivity (Wildman–Crippen MR) is 125 cm³/mol. The average Bonchev–Trinajstić information content (AvgIpc) is 3.49. The summed E-state index contributed by atoms with van der Waals surface area (Å²) in [6, 6.07) is 16.4. The van der Waals surface area contributed by atoms with E-state index in [2.05, 4.69) is 28.1 Å². The third kappa shape index (κ3) is 6.77. The maximum atomic E-state index is 11.6. The number of ether oxygens (including phenoxy) is 2. The van der Waals surface area contributed by atoms with Crippen LogP contribution in [0.2, 0.25) is 0 Å². The molecule has 1 heterocycles. The predicted octanol–water partition coefficient (Wildman–Crippen LogP) is 5.69. The lowest BCUT2D eigenvalue weighted by atomic mass is 10.1. The first-order valence-corrected chi connectivity index (χ1v) is 12.0. The van der Waals surface area contributed by atoms with Gasteiger partial charge >= 0.3 is 5.97 Å². The molecule has 5 nitrogen and oxygen atoms in total. The Morgan fingerprint density at radius 1 is 1.13 bits per heavy atom. The lowest BCUT2D eigenvalue weighted by Gasteiger charge is -2.22. The Morgan fingerprint density at radius 3 is 2.68 bits per heavy atom. The minimum absolute atomic E-state index is 0.0856. The number of hydrogen-bond donors (Lipinski definition) is 0. The molecule has 31 heavy (non-hydrogen) atoms. The van der Waals surface area contributed by atoms with Crippen LogP contribution in [0.25, 0.3) is 10.2 Å². The second-order valence-corrected chi connectivity index (χ2v) is 9.09. The van der Waals surface area contributed by atoms with Crippen LogP contribution in [-0.2, 0) is 16.0 Å². The van der Waals surface area contributed by atoms with Gasteiger partial charge in [-0.3, -0.25) is 4.79 Å². The van der Waals surface area contributed by atoms with Gasteiger partial charge in [-0.15, -0.1) is 0 Å². The molecule has 0 radical (unpaired) electrons. The molecule has 0 unspecified atom stereocenters. The summed E-state index contributed by atoms with van der Waals surface area (Å²) in [7, 11) is 0. The third-order valence-electron chi connectivity index (χ3n) is 5.49. The fraction of sp³-hybridized carbons (Fsp3) is 0.440. The van der Waals surface area contributed by atoms with Crippen molar-refractivity contribution in [1.29, 1.82) is 0 Å². The monoisotopic (exact) mass is 438 g/mol. The number of carbonyl (C=O) groups is 1. The van der Waals surface area contributed by atoms with Crippen molar-refractivity contribution in [2.45, 2.75) is 39.0 Å². The molecule has 1 aliphatic rings. The Hall–Kier alpha value is -2.44. The number of hydrogen-bond acceptors (Lipinski definition) is 6. The SMILES string of the molecule is CCOC(=O)CCCN(CCc1ccc(Oc2nc3ccccc3s2)cc1)CC1CC1. The van der Waals surface area contributed by atoms with Gasteiger partial charge in [-0.2, -0.15) is 0 Å². The van der Waals surface area contributed by atoms with Gasteiger partial charge in [-0.25, -0.2) is 4.98 Å². The zero-order chi connectivity index (χ0) is 21.5. The van der Waals surface area contributed by atoms with Gasteiger partial charge in [-0.1, -0.05) is 35.6 Å². The lowest BCUT2D eigenvalue weighted by Crippen LogP contribution is -2.30. The first-order chi connectivity index (χ1) is 15.2. The first-order valence-electron chi connectivity index (χ1n) is 11.2. The molecule has 0 atom stereocenters. The van der Waals surface area contributed by atoms with Crippen LogP contribution in [0.3, 0.4) is 0 Å². The lowest BCUT2D eigenvalue weighted by molar-refractivity contribution is -0.143. The van der Waals surface area contributed by atoms with Crippen LogP contribution in [0.15, 0.2) is 48.5 Å². The molecule has 164 valence electrons. The Morgan fingerprint density at radius 2 is 1.94 bits per heavy atom. The van der Waals surface area contributed by atoms with Crippen molar-refractivity contribution in [2.75, 3.05) is 26.2 Å². The highest BCUT2D eigenvalue weighted by molar-refractivity contribution is 7.20. The smallest absolute Gasteiger partial charge is 0.305 e. The molecule has 1 saturated carbocycles. The molecular weight excluding hydrogens is 408 g/mol. The Balaban J connectivity index is 1.26. The molecule has 4 rings (SSSR count). The van der Waals surface area contributed by atoms with Crippen LogP contribution >= 0.6 is 11.3 Å². The quantitative estimate of drug-likeness (QED) is 0.340. The summed E-state index contributed by atoms with van der Waals surface area (Å²) in [5.74, 6) is 1.57. The summed E-state index contributed by atoms with van der Waals surface area (Å²) in [6.07, 6.45) is 5.04. The average molecular weight is 439 g/mol. The minimum Gasteiger partial charge on any atom is -0.466 e. The van der Waals surface area contributed by atoms with E-state index in [0.717, 1.165) is 54.4 Å². The van der Waals surface area contributed by atoms with Crippen molar-refractivity contribution in [1.82, 2.24) is 9.88 Å². The maximum absolute atomic E-state index is 11.6. The van der Waals surface area contributed by atoms with Gasteiger partial charge in [-0.05, 0) is 74.9 Å². The second kappa shape index (κ2) is 10.7. The number of carbonyl (C=O) groups excluding carboxylic acids is 1. The fourth-order valence-corrected chi connectivity index (χ4v) is 4.48. The maximum Gasteiger partial charge on any atom is 0.305 e. The van der Waals surface area contributed by atoms with E-state index in [0.29, 0.717) is 18.2 Å². The summed E-state index contributed by atoms with van der Waals surface area (Å²) < 4.78 is 12.1. The van der Waals surface area contributed by atoms with Crippen LogP contribution in [0.4, 0.5) is 0 Å². The summed E-state index contributed by atoms with van der Waals surface area (Å²) in [4.78, 5) is 18.6. The molecule has 0 spiro atoms. The van der Waals surface area contributed by atoms with Gasteiger partial charge in [0.2, 0.25) is 0 Å². The van der Waals surface area contributed by atoms with Gasteiger partial charge < -0.3 is 14.4 Å².